The van der Waals surface area contributed by atoms with Gasteiger partial charge in [-0.1, -0.05) is 41.5 Å². The minimum Gasteiger partial charge on any atom is -0.466 e. The van der Waals surface area contributed by atoms with Crippen LogP contribution in [0.3, 0.4) is 0 Å². The summed E-state index contributed by atoms with van der Waals surface area (Å²) in [7, 11) is 0. The number of ketones is 1. The molecule has 0 spiro atoms. The zero-order chi connectivity index (χ0) is 18.0. The third-order valence-corrected chi connectivity index (χ3v) is 4.59. The molecule has 2 rings (SSSR count). The molecule has 0 unspecified atom stereocenters. The Labute approximate surface area is 145 Å². The summed E-state index contributed by atoms with van der Waals surface area (Å²) in [6, 6.07) is 7.97. The van der Waals surface area contributed by atoms with Crippen molar-refractivity contribution in [3.05, 3.63) is 47.3 Å². The molecule has 0 aliphatic rings. The van der Waals surface area contributed by atoms with Crippen LogP contribution in [0, 0.1) is 10.8 Å². The highest BCUT2D eigenvalue weighted by molar-refractivity contribution is 5.89. The first kappa shape index (κ1) is 18.6. The molecule has 0 bridgehead atoms. The van der Waals surface area contributed by atoms with Gasteiger partial charge in [-0.3, -0.25) is 4.79 Å². The summed E-state index contributed by atoms with van der Waals surface area (Å²) in [5.74, 6) is 3.93. The Bertz CT molecular complexity index is 627. The van der Waals surface area contributed by atoms with E-state index < -0.39 is 10.8 Å². The summed E-state index contributed by atoms with van der Waals surface area (Å²) in [6.07, 6.45) is 2.98. The lowest BCUT2D eigenvalue weighted by Crippen LogP contribution is -2.39. The van der Waals surface area contributed by atoms with Gasteiger partial charge in [0.25, 0.3) is 0 Å². The lowest BCUT2D eigenvalue weighted by atomic mass is 9.70. The second-order valence-electron chi connectivity index (χ2n) is 7.89. The summed E-state index contributed by atoms with van der Waals surface area (Å²) < 4.78 is 11.6. The standard InChI is InChI=1S/C21H30O3/c1-7-15-9-11-17(23-15)13-20(3,4)19(22)21(5,6)14-18-12-10-16(8-2)24-18/h9-12H,7-8,13-14H2,1-6H3. The fourth-order valence-corrected chi connectivity index (χ4v) is 3.36. The van der Waals surface area contributed by atoms with Crippen molar-refractivity contribution in [3.8, 4) is 0 Å². The molecule has 2 aromatic rings. The summed E-state index contributed by atoms with van der Waals surface area (Å²) in [5.41, 5.74) is -0.959. The molecule has 0 N–H and O–H groups in total. The third kappa shape index (κ3) is 4.19. The van der Waals surface area contributed by atoms with E-state index in [0.29, 0.717) is 12.8 Å². The van der Waals surface area contributed by atoms with Crippen molar-refractivity contribution in [3.63, 3.8) is 0 Å². The molecule has 2 aromatic heterocycles. The Balaban J connectivity index is 2.10. The molecule has 24 heavy (non-hydrogen) atoms. The van der Waals surface area contributed by atoms with Gasteiger partial charge in [0.15, 0.2) is 0 Å². The predicted molar refractivity (Wildman–Crippen MR) is 96.1 cm³/mol. The van der Waals surface area contributed by atoms with Crippen LogP contribution >= 0.6 is 0 Å². The van der Waals surface area contributed by atoms with Gasteiger partial charge in [-0.25, -0.2) is 0 Å². The van der Waals surface area contributed by atoms with Crippen LogP contribution in [0.4, 0.5) is 0 Å². The molecule has 0 aliphatic heterocycles. The van der Waals surface area contributed by atoms with Crippen LogP contribution in [-0.4, -0.2) is 5.78 Å². The van der Waals surface area contributed by atoms with E-state index >= 15 is 0 Å². The highest BCUT2D eigenvalue weighted by Gasteiger charge is 2.40. The normalized spacial score (nSPS) is 12.6. The Morgan fingerprint density at radius 2 is 1.08 bits per heavy atom. The van der Waals surface area contributed by atoms with Crippen LogP contribution in [0.25, 0.3) is 0 Å². The number of carbonyl (C=O) groups excluding carboxylic acids is 1. The summed E-state index contributed by atoms with van der Waals surface area (Å²) in [4.78, 5) is 13.2. The van der Waals surface area contributed by atoms with Gasteiger partial charge in [-0.05, 0) is 24.3 Å². The van der Waals surface area contributed by atoms with Gasteiger partial charge < -0.3 is 8.83 Å². The van der Waals surface area contributed by atoms with Crippen molar-refractivity contribution in [2.75, 3.05) is 0 Å². The van der Waals surface area contributed by atoms with Crippen LogP contribution in [0.5, 0.6) is 0 Å². The number of hydrogen-bond acceptors (Lipinski definition) is 3. The summed E-state index contributed by atoms with van der Waals surface area (Å²) in [6.45, 7) is 12.2. The lowest BCUT2D eigenvalue weighted by molar-refractivity contribution is -0.136. The molecule has 132 valence electrons. The first-order valence-corrected chi connectivity index (χ1v) is 8.88. The van der Waals surface area contributed by atoms with E-state index in [1.54, 1.807) is 0 Å². The van der Waals surface area contributed by atoms with E-state index in [4.69, 9.17) is 8.83 Å². The van der Waals surface area contributed by atoms with E-state index in [1.807, 2.05) is 52.0 Å². The smallest absolute Gasteiger partial charge is 0.144 e. The van der Waals surface area contributed by atoms with Gasteiger partial charge in [-0.15, -0.1) is 0 Å². The molecule has 0 saturated heterocycles. The molecule has 0 fully saturated rings. The minimum absolute atomic E-state index is 0.235. The topological polar surface area (TPSA) is 43.4 Å². The average molecular weight is 330 g/mol. The van der Waals surface area contributed by atoms with E-state index in [2.05, 4.69) is 13.8 Å². The molecule has 0 radical (unpaired) electrons. The van der Waals surface area contributed by atoms with E-state index in [1.165, 1.54) is 0 Å². The Hall–Kier alpha value is -1.77. The number of Topliss-reactive ketones (excluding diaryl/α,β-unsaturated/α-hetero) is 1. The monoisotopic (exact) mass is 330 g/mol. The summed E-state index contributed by atoms with van der Waals surface area (Å²) in [5, 5.41) is 0. The van der Waals surface area contributed by atoms with E-state index in [9.17, 15) is 4.79 Å². The molecule has 3 heteroatoms. The Morgan fingerprint density at radius 1 is 0.750 bits per heavy atom. The van der Waals surface area contributed by atoms with Gasteiger partial charge >= 0.3 is 0 Å². The summed E-state index contributed by atoms with van der Waals surface area (Å²) >= 11 is 0. The Morgan fingerprint density at radius 3 is 1.38 bits per heavy atom. The molecule has 0 atom stereocenters. The van der Waals surface area contributed by atoms with Crippen molar-refractivity contribution in [2.45, 2.75) is 67.2 Å². The quantitative estimate of drug-likeness (QED) is 0.650. The molecule has 0 amide bonds. The number of rotatable bonds is 8. The molecule has 3 nitrogen and oxygen atoms in total. The van der Waals surface area contributed by atoms with Gasteiger partial charge in [0.2, 0.25) is 0 Å². The van der Waals surface area contributed by atoms with Crippen LogP contribution in [0.2, 0.25) is 0 Å². The molecule has 2 heterocycles. The maximum Gasteiger partial charge on any atom is 0.144 e. The highest BCUT2D eigenvalue weighted by atomic mass is 16.3. The molecule has 0 saturated carbocycles. The lowest BCUT2D eigenvalue weighted by Gasteiger charge is -2.32. The number of aryl methyl sites for hydroxylation is 2. The fourth-order valence-electron chi connectivity index (χ4n) is 3.36. The number of carbonyl (C=O) groups is 1. The van der Waals surface area contributed by atoms with Crippen LogP contribution in [-0.2, 0) is 30.5 Å². The SMILES string of the molecule is CCc1ccc(CC(C)(C)C(=O)C(C)(C)Cc2ccc(CC)o2)o1. The van der Waals surface area contributed by atoms with Crippen molar-refractivity contribution >= 4 is 5.78 Å². The average Bonchev–Trinajstić information content (AvgIpc) is 3.14. The second-order valence-corrected chi connectivity index (χ2v) is 7.89. The van der Waals surface area contributed by atoms with Crippen molar-refractivity contribution < 1.29 is 13.6 Å². The first-order valence-electron chi connectivity index (χ1n) is 8.88. The largest absolute Gasteiger partial charge is 0.466 e. The predicted octanol–water partition coefficient (Wildman–Crippen LogP) is 5.40. The minimum atomic E-state index is -0.480. The van der Waals surface area contributed by atoms with Gasteiger partial charge in [0.1, 0.15) is 28.8 Å². The first-order chi connectivity index (χ1) is 11.2. The number of hydrogen-bond donors (Lipinski definition) is 0. The van der Waals surface area contributed by atoms with E-state index in [0.717, 1.165) is 35.9 Å². The van der Waals surface area contributed by atoms with Gasteiger partial charge in [0.05, 0.1) is 0 Å². The Kier molecular flexibility index (Phi) is 5.42. The molecular weight excluding hydrogens is 300 g/mol. The van der Waals surface area contributed by atoms with E-state index in [-0.39, 0.29) is 5.78 Å². The van der Waals surface area contributed by atoms with Crippen molar-refractivity contribution in [2.24, 2.45) is 10.8 Å². The number of furan rings is 2. The van der Waals surface area contributed by atoms with Crippen LogP contribution in [0.1, 0.15) is 64.6 Å². The maximum atomic E-state index is 13.2. The van der Waals surface area contributed by atoms with Crippen LogP contribution < -0.4 is 0 Å². The van der Waals surface area contributed by atoms with Crippen molar-refractivity contribution in [1.29, 1.82) is 0 Å². The molecule has 0 aliphatic carbocycles. The molecular formula is C21H30O3. The molecule has 0 aromatic carbocycles. The van der Waals surface area contributed by atoms with Gasteiger partial charge in [0, 0.05) is 36.5 Å². The second kappa shape index (κ2) is 7.00. The van der Waals surface area contributed by atoms with Gasteiger partial charge in [-0.2, -0.15) is 0 Å². The van der Waals surface area contributed by atoms with Crippen molar-refractivity contribution in [1.82, 2.24) is 0 Å². The third-order valence-electron chi connectivity index (χ3n) is 4.59. The zero-order valence-electron chi connectivity index (χ0n) is 15.9. The maximum absolute atomic E-state index is 13.2. The highest BCUT2D eigenvalue weighted by Crippen LogP contribution is 2.35. The fraction of sp³-hybridized carbons (Fsp3) is 0.571. The zero-order valence-corrected chi connectivity index (χ0v) is 15.9. The van der Waals surface area contributed by atoms with Crippen LogP contribution in [0.15, 0.2) is 33.1 Å².